The van der Waals surface area contributed by atoms with Crippen molar-refractivity contribution in [2.75, 3.05) is 32.9 Å². The molecule has 0 unspecified atom stereocenters. The van der Waals surface area contributed by atoms with Gasteiger partial charge in [-0.3, -0.25) is 4.99 Å². The lowest BCUT2D eigenvalue weighted by Gasteiger charge is -2.11. The van der Waals surface area contributed by atoms with E-state index < -0.39 is 10.0 Å². The van der Waals surface area contributed by atoms with Crippen LogP contribution in [0.3, 0.4) is 0 Å². The number of guanidine groups is 1. The largest absolute Gasteiger partial charge is 0.361 e. The lowest BCUT2D eigenvalue weighted by molar-refractivity contribution is 0.584. The number of fused-ring (bicyclic) bond motifs is 1. The summed E-state index contributed by atoms with van der Waals surface area (Å²) in [4.78, 5) is 7.25. The van der Waals surface area contributed by atoms with Crippen molar-refractivity contribution in [1.29, 1.82) is 0 Å². The molecule has 0 bridgehead atoms. The Kier molecular flexibility index (Phi) is 6.77. The number of aliphatic imine (C=N–C) groups is 1. The Morgan fingerprint density at radius 1 is 1.24 bits per heavy atom. The highest BCUT2D eigenvalue weighted by atomic mass is 32.2. The molecule has 0 radical (unpaired) electrons. The molecule has 4 N–H and O–H groups in total. The van der Waals surface area contributed by atoms with Gasteiger partial charge in [-0.25, -0.2) is 17.5 Å². The van der Waals surface area contributed by atoms with Gasteiger partial charge in [0, 0.05) is 43.8 Å². The maximum absolute atomic E-state index is 13.4. The van der Waals surface area contributed by atoms with Crippen LogP contribution in [0.1, 0.15) is 12.0 Å². The van der Waals surface area contributed by atoms with E-state index in [-0.39, 0.29) is 5.82 Å². The molecule has 1 aromatic heterocycles. The first-order valence-electron chi connectivity index (χ1n) is 8.04. The first kappa shape index (κ1) is 19.2. The molecule has 2 aromatic rings. The summed E-state index contributed by atoms with van der Waals surface area (Å²) in [6.45, 7) is 1.62. The van der Waals surface area contributed by atoms with E-state index in [2.05, 4.69) is 25.3 Å². The van der Waals surface area contributed by atoms with E-state index in [9.17, 15) is 12.8 Å². The Labute approximate surface area is 147 Å². The number of H-pyrrole nitrogens is 1. The highest BCUT2D eigenvalue weighted by Crippen LogP contribution is 2.19. The number of aromatic nitrogens is 1. The summed E-state index contributed by atoms with van der Waals surface area (Å²) in [5.74, 6) is 0.395. The van der Waals surface area contributed by atoms with Gasteiger partial charge in [-0.1, -0.05) is 0 Å². The van der Waals surface area contributed by atoms with Crippen LogP contribution in [0.5, 0.6) is 0 Å². The van der Waals surface area contributed by atoms with Crippen LogP contribution in [0.2, 0.25) is 0 Å². The molecule has 0 aliphatic rings. The zero-order chi connectivity index (χ0) is 18.3. The Bertz CT molecular complexity index is 832. The topological polar surface area (TPSA) is 98.4 Å². The maximum Gasteiger partial charge on any atom is 0.208 e. The number of rotatable bonds is 8. The second-order valence-corrected chi connectivity index (χ2v) is 7.53. The van der Waals surface area contributed by atoms with E-state index in [1.807, 2.05) is 6.20 Å². The maximum atomic E-state index is 13.4. The molecule has 0 aliphatic heterocycles. The molecule has 0 atom stereocenters. The molecule has 138 valence electrons. The predicted octanol–water partition coefficient (Wildman–Crippen LogP) is 0.954. The van der Waals surface area contributed by atoms with E-state index in [4.69, 9.17) is 0 Å². The molecule has 1 aromatic carbocycles. The van der Waals surface area contributed by atoms with E-state index in [0.717, 1.165) is 29.1 Å². The zero-order valence-electron chi connectivity index (χ0n) is 14.4. The molecule has 9 heteroatoms. The fourth-order valence-corrected chi connectivity index (χ4v) is 2.96. The van der Waals surface area contributed by atoms with Crippen LogP contribution in [0.25, 0.3) is 10.9 Å². The molecule has 0 spiro atoms. The summed E-state index contributed by atoms with van der Waals surface area (Å²) in [6, 6.07) is 4.70. The van der Waals surface area contributed by atoms with Crippen LogP contribution in [-0.4, -0.2) is 52.3 Å². The van der Waals surface area contributed by atoms with Crippen molar-refractivity contribution in [2.45, 2.75) is 12.8 Å². The first-order chi connectivity index (χ1) is 11.9. The van der Waals surface area contributed by atoms with Gasteiger partial charge >= 0.3 is 0 Å². The van der Waals surface area contributed by atoms with Gasteiger partial charge in [-0.2, -0.15) is 0 Å². The minimum atomic E-state index is -3.14. The fraction of sp³-hybridized carbons (Fsp3) is 0.438. The highest BCUT2D eigenvalue weighted by Gasteiger charge is 2.05. The molecule has 0 saturated carbocycles. The van der Waals surface area contributed by atoms with Gasteiger partial charge in [0.15, 0.2) is 5.96 Å². The van der Waals surface area contributed by atoms with E-state index >= 15 is 0 Å². The van der Waals surface area contributed by atoms with Gasteiger partial charge in [0.25, 0.3) is 0 Å². The molecular weight excluding hydrogens is 345 g/mol. The van der Waals surface area contributed by atoms with E-state index in [1.165, 1.54) is 12.1 Å². The molecule has 7 nitrogen and oxygen atoms in total. The molecular formula is C16H24FN5O2S. The number of hydrogen-bond donors (Lipinski definition) is 4. The Morgan fingerprint density at radius 2 is 2.00 bits per heavy atom. The van der Waals surface area contributed by atoms with Crippen molar-refractivity contribution >= 4 is 26.9 Å². The number of sulfonamides is 1. The van der Waals surface area contributed by atoms with Crippen LogP contribution in [-0.2, 0) is 16.4 Å². The van der Waals surface area contributed by atoms with Crippen molar-refractivity contribution in [2.24, 2.45) is 4.99 Å². The molecule has 25 heavy (non-hydrogen) atoms. The van der Waals surface area contributed by atoms with Crippen molar-refractivity contribution in [3.63, 3.8) is 0 Å². The second kappa shape index (κ2) is 8.82. The molecule has 0 amide bonds. The van der Waals surface area contributed by atoms with Crippen LogP contribution in [0.15, 0.2) is 29.4 Å². The average Bonchev–Trinajstić information content (AvgIpc) is 2.94. The van der Waals surface area contributed by atoms with Gasteiger partial charge in [0.1, 0.15) is 5.82 Å². The second-order valence-electron chi connectivity index (χ2n) is 5.70. The normalized spacial score (nSPS) is 12.5. The quantitative estimate of drug-likeness (QED) is 0.316. The summed E-state index contributed by atoms with van der Waals surface area (Å²) < 4.78 is 37.7. The van der Waals surface area contributed by atoms with Crippen LogP contribution >= 0.6 is 0 Å². The lowest BCUT2D eigenvalue weighted by Crippen LogP contribution is -2.39. The van der Waals surface area contributed by atoms with Crippen LogP contribution < -0.4 is 15.4 Å². The summed E-state index contributed by atoms with van der Waals surface area (Å²) in [7, 11) is -1.47. The Hall–Kier alpha value is -2.13. The van der Waals surface area contributed by atoms with Crippen molar-refractivity contribution in [1.82, 2.24) is 20.3 Å². The summed E-state index contributed by atoms with van der Waals surface area (Å²) in [5, 5.41) is 7.19. The first-order valence-corrected chi connectivity index (χ1v) is 9.93. The molecule has 0 aliphatic carbocycles. The van der Waals surface area contributed by atoms with Gasteiger partial charge in [0.2, 0.25) is 10.0 Å². The van der Waals surface area contributed by atoms with Crippen molar-refractivity contribution in [3.05, 3.63) is 35.8 Å². The minimum absolute atomic E-state index is 0.249. The van der Waals surface area contributed by atoms with Gasteiger partial charge in [-0.05, 0) is 36.6 Å². The monoisotopic (exact) mass is 369 g/mol. The Morgan fingerprint density at radius 3 is 2.72 bits per heavy atom. The minimum Gasteiger partial charge on any atom is -0.361 e. The summed E-state index contributed by atoms with van der Waals surface area (Å²) >= 11 is 0. The smallest absolute Gasteiger partial charge is 0.208 e. The predicted molar refractivity (Wildman–Crippen MR) is 98.8 cm³/mol. The summed E-state index contributed by atoms with van der Waals surface area (Å²) in [5.41, 5.74) is 1.95. The third-order valence-corrected chi connectivity index (χ3v) is 4.38. The average molecular weight is 369 g/mol. The van der Waals surface area contributed by atoms with Gasteiger partial charge < -0.3 is 15.6 Å². The van der Waals surface area contributed by atoms with Crippen LogP contribution in [0.4, 0.5) is 4.39 Å². The molecule has 1 heterocycles. The van der Waals surface area contributed by atoms with Crippen molar-refractivity contribution < 1.29 is 12.8 Å². The van der Waals surface area contributed by atoms with Crippen molar-refractivity contribution in [3.8, 4) is 0 Å². The number of aromatic amines is 1. The molecule has 0 saturated heterocycles. The molecule has 0 fully saturated rings. The Balaban J connectivity index is 1.74. The highest BCUT2D eigenvalue weighted by molar-refractivity contribution is 7.88. The third-order valence-electron chi connectivity index (χ3n) is 3.65. The van der Waals surface area contributed by atoms with Gasteiger partial charge in [0.05, 0.1) is 6.26 Å². The number of hydrogen-bond acceptors (Lipinski definition) is 3. The van der Waals surface area contributed by atoms with Crippen LogP contribution in [0, 0.1) is 5.82 Å². The van der Waals surface area contributed by atoms with Gasteiger partial charge in [-0.15, -0.1) is 0 Å². The number of nitrogens with zero attached hydrogens (tertiary/aromatic N) is 1. The lowest BCUT2D eigenvalue weighted by atomic mass is 10.1. The zero-order valence-corrected chi connectivity index (χ0v) is 15.2. The fourth-order valence-electron chi connectivity index (χ4n) is 2.45. The summed E-state index contributed by atoms with van der Waals surface area (Å²) in [6.07, 6.45) is 4.39. The standard InChI is InChI=1S/C16H24FN5O2S/c1-18-16(19-7-3-8-22-25(2,23)24)20-9-6-12-11-21-15-5-4-13(17)10-14(12)15/h4-5,10-11,21-22H,3,6-9H2,1-2H3,(H2,18,19,20). The van der Waals surface area contributed by atoms with E-state index in [0.29, 0.717) is 32.0 Å². The number of halogens is 1. The number of benzene rings is 1. The number of nitrogens with one attached hydrogen (secondary N) is 4. The SMILES string of the molecule is CN=C(NCCCNS(C)(=O)=O)NCCc1c[nH]c2ccc(F)cc12. The molecule has 2 rings (SSSR count). The van der Waals surface area contributed by atoms with E-state index in [1.54, 1.807) is 13.1 Å². The third kappa shape index (κ3) is 6.35.